The van der Waals surface area contributed by atoms with E-state index in [1.807, 2.05) is 30.3 Å². The first-order chi connectivity index (χ1) is 21.9. The van der Waals surface area contributed by atoms with Crippen LogP contribution in [0, 0.1) is 0 Å². The number of hydrogen-bond donors (Lipinski definition) is 1. The van der Waals surface area contributed by atoms with Gasteiger partial charge in [-0.3, -0.25) is 14.5 Å². The number of amides is 1. The van der Waals surface area contributed by atoms with E-state index in [-0.39, 0.29) is 16.5 Å². The van der Waals surface area contributed by atoms with E-state index < -0.39 is 17.7 Å². The Morgan fingerprint density at radius 3 is 2.58 bits per heavy atom. The van der Waals surface area contributed by atoms with E-state index in [0.717, 1.165) is 10.3 Å². The van der Waals surface area contributed by atoms with Crippen LogP contribution in [0.15, 0.2) is 90.5 Å². The Kier molecular flexibility index (Phi) is 7.52. The molecule has 3 heterocycles. The van der Waals surface area contributed by atoms with Crippen molar-refractivity contribution >= 4 is 55.7 Å². The number of rotatable bonds is 7. The van der Waals surface area contributed by atoms with Gasteiger partial charge in [-0.1, -0.05) is 59.3 Å². The molecule has 0 bridgehead atoms. The van der Waals surface area contributed by atoms with Crippen molar-refractivity contribution in [2.24, 2.45) is 0 Å². The van der Waals surface area contributed by atoms with Crippen molar-refractivity contribution in [2.75, 3.05) is 25.2 Å². The predicted octanol–water partition coefficient (Wildman–Crippen LogP) is 6.93. The third kappa shape index (κ3) is 5.32. The van der Waals surface area contributed by atoms with E-state index in [1.54, 1.807) is 54.6 Å². The van der Waals surface area contributed by atoms with Gasteiger partial charge in [-0.15, -0.1) is 0 Å². The van der Waals surface area contributed by atoms with Crippen molar-refractivity contribution in [3.8, 4) is 23.0 Å². The molecule has 45 heavy (non-hydrogen) atoms. The monoisotopic (exact) mass is 640 g/mol. The third-order valence-electron chi connectivity index (χ3n) is 7.55. The second kappa shape index (κ2) is 11.8. The number of thiazole rings is 1. The lowest BCUT2D eigenvalue weighted by molar-refractivity contribution is -0.132. The van der Waals surface area contributed by atoms with E-state index in [2.05, 4.69) is 4.98 Å². The molecule has 0 aliphatic carbocycles. The van der Waals surface area contributed by atoms with Gasteiger partial charge in [0, 0.05) is 10.6 Å². The van der Waals surface area contributed by atoms with Crippen LogP contribution < -0.4 is 23.8 Å². The smallest absolute Gasteiger partial charge is 0.301 e. The Balaban J connectivity index is 1.35. The summed E-state index contributed by atoms with van der Waals surface area (Å²) in [4.78, 5) is 33.5. The Morgan fingerprint density at radius 1 is 0.978 bits per heavy atom. The molecule has 1 unspecified atom stereocenters. The van der Waals surface area contributed by atoms with Crippen molar-refractivity contribution in [3.63, 3.8) is 0 Å². The average molecular weight is 641 g/mol. The van der Waals surface area contributed by atoms with Crippen molar-refractivity contribution < 1.29 is 33.6 Å². The van der Waals surface area contributed by atoms with E-state index in [9.17, 15) is 14.7 Å². The molecule has 0 spiro atoms. The molecule has 2 aliphatic rings. The molecule has 1 amide bonds. The standard InChI is InChI=1S/C34H25ClN2O7S/c1-41-26-15-20(7-11-24(26)44-18-19-5-3-2-4-6-19)30-29(31(38)21-8-12-25-27(16-21)43-14-13-42-25)32(39)33(40)37(30)34-36-23-10-9-22(35)17-28(23)45-34/h2-12,15-17,30,38H,13-14,18H2,1H3/b31-29+. The van der Waals surface area contributed by atoms with Crippen molar-refractivity contribution in [1.29, 1.82) is 0 Å². The minimum absolute atomic E-state index is 0.103. The number of aliphatic hydroxyl groups is 1. The Morgan fingerprint density at radius 2 is 1.78 bits per heavy atom. The SMILES string of the molecule is COc1cc(C2/C(=C(\O)c3ccc4c(c3)OCCO4)C(=O)C(=O)N2c2nc3ccc(Cl)cc3s2)ccc1OCc1ccccc1. The molecule has 1 N–H and O–H groups in total. The average Bonchev–Trinajstić information content (AvgIpc) is 3.60. The van der Waals surface area contributed by atoms with Crippen LogP contribution in [-0.2, 0) is 16.2 Å². The third-order valence-corrected chi connectivity index (χ3v) is 8.80. The van der Waals surface area contributed by atoms with Gasteiger partial charge in [-0.2, -0.15) is 0 Å². The molecule has 0 radical (unpaired) electrons. The number of aliphatic hydroxyl groups excluding tert-OH is 1. The van der Waals surface area contributed by atoms with E-state index in [0.29, 0.717) is 64.5 Å². The number of anilines is 1. The molecule has 9 nitrogen and oxygen atoms in total. The van der Waals surface area contributed by atoms with Crippen LogP contribution in [0.3, 0.4) is 0 Å². The molecule has 1 atom stereocenters. The van der Waals surface area contributed by atoms with Crippen molar-refractivity contribution in [3.05, 3.63) is 112 Å². The van der Waals surface area contributed by atoms with Gasteiger partial charge >= 0.3 is 5.91 Å². The van der Waals surface area contributed by atoms with Crippen LogP contribution in [-0.4, -0.2) is 42.1 Å². The summed E-state index contributed by atoms with van der Waals surface area (Å²) in [6, 6.07) is 23.9. The summed E-state index contributed by atoms with van der Waals surface area (Å²) in [5.74, 6) is -0.210. The molecule has 4 aromatic carbocycles. The van der Waals surface area contributed by atoms with Crippen molar-refractivity contribution in [2.45, 2.75) is 12.6 Å². The predicted molar refractivity (Wildman–Crippen MR) is 171 cm³/mol. The zero-order valence-electron chi connectivity index (χ0n) is 23.9. The minimum Gasteiger partial charge on any atom is -0.507 e. The van der Waals surface area contributed by atoms with Gasteiger partial charge in [0.1, 0.15) is 25.6 Å². The molecular formula is C34H25ClN2O7S. The second-order valence-electron chi connectivity index (χ2n) is 10.3. The van der Waals surface area contributed by atoms with Crippen LogP contribution in [0.25, 0.3) is 16.0 Å². The maximum absolute atomic E-state index is 13.8. The number of nitrogens with zero attached hydrogens (tertiary/aromatic N) is 2. The minimum atomic E-state index is -1.04. The molecular weight excluding hydrogens is 616 g/mol. The maximum atomic E-state index is 13.8. The molecule has 5 aromatic rings. The van der Waals surface area contributed by atoms with Crippen molar-refractivity contribution in [1.82, 2.24) is 4.98 Å². The number of fused-ring (bicyclic) bond motifs is 2. The van der Waals surface area contributed by atoms with Gasteiger partial charge in [-0.25, -0.2) is 4.98 Å². The highest BCUT2D eigenvalue weighted by molar-refractivity contribution is 7.22. The number of hydrogen-bond acceptors (Lipinski definition) is 9. The van der Waals surface area contributed by atoms with Crippen LogP contribution in [0.2, 0.25) is 5.02 Å². The Hall–Kier alpha value is -5.06. The highest BCUT2D eigenvalue weighted by Crippen LogP contribution is 2.46. The van der Waals surface area contributed by atoms with Gasteiger partial charge < -0.3 is 24.1 Å². The number of carbonyl (C=O) groups is 2. The van der Waals surface area contributed by atoms with Crippen LogP contribution in [0.1, 0.15) is 22.7 Å². The first kappa shape index (κ1) is 28.7. The fourth-order valence-corrected chi connectivity index (χ4v) is 6.66. The number of ketones is 1. The molecule has 1 fully saturated rings. The lowest BCUT2D eigenvalue weighted by Crippen LogP contribution is -2.29. The fourth-order valence-electron chi connectivity index (χ4n) is 5.39. The normalized spacial score (nSPS) is 17.1. The Labute approximate surface area is 266 Å². The number of carbonyl (C=O) groups excluding carboxylic acids is 2. The van der Waals surface area contributed by atoms with Gasteiger partial charge in [0.25, 0.3) is 5.78 Å². The molecule has 1 aromatic heterocycles. The largest absolute Gasteiger partial charge is 0.507 e. The number of aromatic nitrogens is 1. The van der Waals surface area contributed by atoms with E-state index in [1.165, 1.54) is 23.3 Å². The Bertz CT molecular complexity index is 1990. The molecule has 2 aliphatic heterocycles. The van der Waals surface area contributed by atoms with Crippen LogP contribution >= 0.6 is 22.9 Å². The summed E-state index contributed by atoms with van der Waals surface area (Å²) in [6.45, 7) is 1.07. The molecule has 0 saturated carbocycles. The van der Waals surface area contributed by atoms with Crippen LogP contribution in [0.5, 0.6) is 23.0 Å². The molecule has 1 saturated heterocycles. The number of benzene rings is 4. The zero-order chi connectivity index (χ0) is 31.1. The highest BCUT2D eigenvalue weighted by Gasteiger charge is 2.48. The molecule has 7 rings (SSSR count). The van der Waals surface area contributed by atoms with Gasteiger partial charge in [0.15, 0.2) is 28.1 Å². The molecule has 226 valence electrons. The fraction of sp³-hybridized carbons (Fsp3) is 0.147. The number of ether oxygens (including phenoxy) is 4. The maximum Gasteiger partial charge on any atom is 0.301 e. The summed E-state index contributed by atoms with van der Waals surface area (Å²) >= 11 is 7.44. The zero-order valence-corrected chi connectivity index (χ0v) is 25.4. The summed E-state index contributed by atoms with van der Waals surface area (Å²) in [7, 11) is 1.51. The lowest BCUT2D eigenvalue weighted by atomic mass is 9.95. The summed E-state index contributed by atoms with van der Waals surface area (Å²) in [5.41, 5.74) is 2.30. The van der Waals surface area contributed by atoms with Gasteiger partial charge in [-0.05, 0) is 59.7 Å². The van der Waals surface area contributed by atoms with Gasteiger partial charge in [0.2, 0.25) is 0 Å². The first-order valence-corrected chi connectivity index (χ1v) is 15.2. The topological polar surface area (TPSA) is 107 Å². The first-order valence-electron chi connectivity index (χ1n) is 14.0. The molecule has 11 heteroatoms. The van der Waals surface area contributed by atoms with Gasteiger partial charge in [0.05, 0.1) is 28.9 Å². The number of halogens is 1. The summed E-state index contributed by atoms with van der Waals surface area (Å²) in [5, 5.41) is 12.5. The van der Waals surface area contributed by atoms with Crippen LogP contribution in [0.4, 0.5) is 5.13 Å². The quantitative estimate of drug-likeness (QED) is 0.116. The van der Waals surface area contributed by atoms with E-state index in [4.69, 9.17) is 30.5 Å². The lowest BCUT2D eigenvalue weighted by Gasteiger charge is -2.24. The summed E-state index contributed by atoms with van der Waals surface area (Å²) < 4.78 is 23.8. The summed E-state index contributed by atoms with van der Waals surface area (Å²) in [6.07, 6.45) is 0. The number of methoxy groups -OCH3 is 1. The highest BCUT2D eigenvalue weighted by atomic mass is 35.5. The second-order valence-corrected chi connectivity index (χ2v) is 11.8. The number of Topliss-reactive ketones (excluding diaryl/α,β-unsaturated/α-hetero) is 1. The van der Waals surface area contributed by atoms with E-state index >= 15 is 0 Å².